The van der Waals surface area contributed by atoms with Gasteiger partial charge in [-0.15, -0.1) is 0 Å². The van der Waals surface area contributed by atoms with Crippen LogP contribution in [0, 0.1) is 5.41 Å². The molecule has 0 aromatic heterocycles. The van der Waals surface area contributed by atoms with Crippen molar-refractivity contribution in [3.05, 3.63) is 39.9 Å². The van der Waals surface area contributed by atoms with E-state index in [0.717, 1.165) is 38.0 Å². The lowest BCUT2D eigenvalue weighted by molar-refractivity contribution is -0.148. The Morgan fingerprint density at radius 3 is 2.62 bits per heavy atom. The minimum Gasteiger partial charge on any atom is -0.391 e. The van der Waals surface area contributed by atoms with Gasteiger partial charge in [-0.05, 0) is 74.9 Å². The number of aliphatic hydroxyl groups is 1. The molecule has 1 N–H and O–H groups in total. The zero-order chi connectivity index (χ0) is 22.9. The molecular formula is C24H31Cl2N3O3. The summed E-state index contributed by atoms with van der Waals surface area (Å²) in [7, 11) is 0. The molecule has 4 rings (SSSR count). The van der Waals surface area contributed by atoms with Crippen molar-refractivity contribution in [2.45, 2.75) is 44.8 Å². The average Bonchev–Trinajstić information content (AvgIpc) is 3.55. The van der Waals surface area contributed by atoms with E-state index >= 15 is 0 Å². The van der Waals surface area contributed by atoms with E-state index in [4.69, 9.17) is 23.2 Å². The lowest BCUT2D eigenvalue weighted by Crippen LogP contribution is -2.57. The number of rotatable bonds is 6. The smallest absolute Gasteiger partial charge is 0.247 e. The van der Waals surface area contributed by atoms with Crippen LogP contribution in [0.5, 0.6) is 0 Å². The molecule has 32 heavy (non-hydrogen) atoms. The van der Waals surface area contributed by atoms with Crippen LogP contribution in [0.4, 0.5) is 0 Å². The number of piperidine rings is 1. The van der Waals surface area contributed by atoms with E-state index in [-0.39, 0.29) is 23.3 Å². The fourth-order valence-corrected chi connectivity index (χ4v) is 5.15. The Bertz CT molecular complexity index is 902. The predicted octanol–water partition coefficient (Wildman–Crippen LogP) is 3.30. The molecule has 3 aliphatic rings. The first-order valence-corrected chi connectivity index (χ1v) is 12.2. The summed E-state index contributed by atoms with van der Waals surface area (Å²) in [5, 5.41) is 11.3. The van der Waals surface area contributed by atoms with Gasteiger partial charge in [0.2, 0.25) is 11.8 Å². The summed E-state index contributed by atoms with van der Waals surface area (Å²) in [4.78, 5) is 31.3. The number of hydrogen-bond donors (Lipinski definition) is 1. The van der Waals surface area contributed by atoms with Gasteiger partial charge in [0.25, 0.3) is 0 Å². The fourth-order valence-electron chi connectivity index (χ4n) is 4.84. The van der Waals surface area contributed by atoms with Crippen molar-refractivity contribution in [3.63, 3.8) is 0 Å². The van der Waals surface area contributed by atoms with Crippen LogP contribution >= 0.6 is 23.2 Å². The van der Waals surface area contributed by atoms with Crippen LogP contribution in [0.15, 0.2) is 24.3 Å². The number of hydrogen-bond acceptors (Lipinski definition) is 4. The van der Waals surface area contributed by atoms with E-state index in [1.54, 1.807) is 36.1 Å². The Kier molecular flexibility index (Phi) is 7.15. The minimum absolute atomic E-state index is 0.0110. The summed E-state index contributed by atoms with van der Waals surface area (Å²) in [5.41, 5.74) is 1.000. The van der Waals surface area contributed by atoms with E-state index in [1.165, 1.54) is 18.9 Å². The zero-order valence-electron chi connectivity index (χ0n) is 18.5. The number of amides is 2. The summed E-state index contributed by atoms with van der Waals surface area (Å²) >= 11 is 12.0. The molecule has 174 valence electrons. The summed E-state index contributed by atoms with van der Waals surface area (Å²) in [5.74, 6) is -0.198. The highest BCUT2D eigenvalue weighted by Crippen LogP contribution is 2.53. The third-order valence-electron chi connectivity index (χ3n) is 7.25. The van der Waals surface area contributed by atoms with Gasteiger partial charge >= 0.3 is 0 Å². The number of aliphatic hydroxyl groups excluding tert-OH is 1. The van der Waals surface area contributed by atoms with Gasteiger partial charge in [-0.2, -0.15) is 0 Å². The second-order valence-corrected chi connectivity index (χ2v) is 10.1. The Labute approximate surface area is 199 Å². The van der Waals surface area contributed by atoms with Gasteiger partial charge in [0.15, 0.2) is 0 Å². The minimum atomic E-state index is -0.485. The Morgan fingerprint density at radius 1 is 1.16 bits per heavy atom. The molecule has 8 heteroatoms. The molecule has 6 nitrogen and oxygen atoms in total. The molecule has 2 heterocycles. The van der Waals surface area contributed by atoms with Crippen LogP contribution in [0.1, 0.15) is 38.2 Å². The quantitative estimate of drug-likeness (QED) is 0.635. The van der Waals surface area contributed by atoms with Crippen LogP contribution in [0.25, 0.3) is 6.08 Å². The van der Waals surface area contributed by atoms with Crippen LogP contribution in [0.2, 0.25) is 10.0 Å². The first kappa shape index (κ1) is 23.6. The van der Waals surface area contributed by atoms with Gasteiger partial charge in [0, 0.05) is 32.3 Å². The highest BCUT2D eigenvalue weighted by atomic mass is 35.5. The standard InChI is InChI=1S/C24H31Cl2N3O3/c1-17-23(32)28(11-2-10-27-12-9-24(7-8-24)21(30)16-27)13-14-29(17)22(31)6-4-18-3-5-19(25)20(26)15-18/h3-6,15,17,21,30H,2,7-14,16H2,1H3. The maximum absolute atomic E-state index is 12.8. The van der Waals surface area contributed by atoms with Crippen molar-refractivity contribution >= 4 is 41.1 Å². The summed E-state index contributed by atoms with van der Waals surface area (Å²) < 4.78 is 0. The Morgan fingerprint density at radius 2 is 1.94 bits per heavy atom. The highest BCUT2D eigenvalue weighted by molar-refractivity contribution is 6.42. The number of piperazine rings is 1. The van der Waals surface area contributed by atoms with E-state index < -0.39 is 6.04 Å². The van der Waals surface area contributed by atoms with Crippen molar-refractivity contribution in [2.24, 2.45) is 5.41 Å². The van der Waals surface area contributed by atoms with Crippen LogP contribution in [0.3, 0.4) is 0 Å². The number of nitrogens with zero attached hydrogens (tertiary/aromatic N) is 3. The lowest BCUT2D eigenvalue weighted by atomic mass is 9.90. The maximum Gasteiger partial charge on any atom is 0.247 e. The van der Waals surface area contributed by atoms with E-state index in [2.05, 4.69) is 4.90 Å². The van der Waals surface area contributed by atoms with Gasteiger partial charge in [-0.3, -0.25) is 9.59 Å². The second-order valence-electron chi connectivity index (χ2n) is 9.32. The van der Waals surface area contributed by atoms with E-state index in [9.17, 15) is 14.7 Å². The molecule has 1 aromatic rings. The SMILES string of the molecule is CC1C(=O)N(CCCN2CCC3(CC3)C(O)C2)CCN1C(=O)C=Cc1ccc(Cl)c(Cl)c1. The molecule has 2 amide bonds. The largest absolute Gasteiger partial charge is 0.391 e. The Hall–Kier alpha value is -1.60. The third-order valence-corrected chi connectivity index (χ3v) is 7.99. The van der Waals surface area contributed by atoms with Crippen LogP contribution < -0.4 is 0 Å². The lowest BCUT2D eigenvalue weighted by Gasteiger charge is -2.39. The summed E-state index contributed by atoms with van der Waals surface area (Å²) in [6.45, 7) is 6.20. The van der Waals surface area contributed by atoms with Crippen molar-refractivity contribution in [3.8, 4) is 0 Å². The first-order valence-electron chi connectivity index (χ1n) is 11.4. The number of carbonyl (C=O) groups is 2. The first-order chi connectivity index (χ1) is 15.3. The topological polar surface area (TPSA) is 64.1 Å². The number of benzene rings is 1. The van der Waals surface area contributed by atoms with Gasteiger partial charge in [0.1, 0.15) is 6.04 Å². The summed E-state index contributed by atoms with van der Waals surface area (Å²) in [6, 6.07) is 4.69. The van der Waals surface area contributed by atoms with Gasteiger partial charge in [-0.1, -0.05) is 29.3 Å². The number of halogens is 2. The van der Waals surface area contributed by atoms with Crippen molar-refractivity contribution in [1.82, 2.24) is 14.7 Å². The molecule has 1 saturated carbocycles. The average molecular weight is 480 g/mol. The molecule has 3 fully saturated rings. The van der Waals surface area contributed by atoms with Gasteiger partial charge in [-0.25, -0.2) is 0 Å². The highest BCUT2D eigenvalue weighted by Gasteiger charge is 2.51. The van der Waals surface area contributed by atoms with Crippen molar-refractivity contribution < 1.29 is 14.7 Å². The number of β-amino-alcohol motifs (C(OH)–C–C–N with tert-alkyl or cyclic N) is 1. The molecule has 2 aliphatic heterocycles. The zero-order valence-corrected chi connectivity index (χ0v) is 20.0. The molecule has 2 saturated heterocycles. The molecular weight excluding hydrogens is 449 g/mol. The van der Waals surface area contributed by atoms with E-state index in [0.29, 0.717) is 29.7 Å². The number of carbonyl (C=O) groups excluding carboxylic acids is 2. The normalized spacial score (nSPS) is 25.7. The molecule has 0 bridgehead atoms. The molecule has 0 radical (unpaired) electrons. The predicted molar refractivity (Wildman–Crippen MR) is 127 cm³/mol. The third kappa shape index (κ3) is 5.14. The maximum atomic E-state index is 12.8. The molecule has 1 aliphatic carbocycles. The molecule has 2 atom stereocenters. The molecule has 1 spiro atoms. The second kappa shape index (κ2) is 9.72. The van der Waals surface area contributed by atoms with Crippen LogP contribution in [-0.2, 0) is 9.59 Å². The van der Waals surface area contributed by atoms with Crippen molar-refractivity contribution in [1.29, 1.82) is 0 Å². The van der Waals surface area contributed by atoms with E-state index in [1.807, 2.05) is 4.90 Å². The van der Waals surface area contributed by atoms with Crippen molar-refractivity contribution in [2.75, 3.05) is 39.3 Å². The number of likely N-dealkylation sites (tertiary alicyclic amines) is 1. The summed E-state index contributed by atoms with van der Waals surface area (Å²) in [6.07, 6.45) is 7.26. The monoisotopic (exact) mass is 479 g/mol. The van der Waals surface area contributed by atoms with Gasteiger partial charge < -0.3 is 19.8 Å². The Balaban J connectivity index is 1.24. The van der Waals surface area contributed by atoms with Gasteiger partial charge in [0.05, 0.1) is 16.1 Å². The van der Waals surface area contributed by atoms with Crippen LogP contribution in [-0.4, -0.2) is 83.0 Å². The fraction of sp³-hybridized carbons (Fsp3) is 0.583. The molecule has 2 unspecified atom stereocenters. The molecule has 1 aromatic carbocycles.